The van der Waals surface area contributed by atoms with Crippen LogP contribution in [0.2, 0.25) is 0 Å². The zero-order valence-corrected chi connectivity index (χ0v) is 17.2. The SMILES string of the molecule is CCNC(=NCCc1nc(-c2ccco2)n[nH]1)NC1CCN(c2ccccn2)CC1. The molecule has 4 rings (SSSR count). The summed E-state index contributed by atoms with van der Waals surface area (Å²) in [7, 11) is 0. The largest absolute Gasteiger partial charge is 0.461 e. The number of aromatic nitrogens is 4. The number of aliphatic imine (C=N–C) groups is 1. The van der Waals surface area contributed by atoms with Gasteiger partial charge in [-0.15, -0.1) is 0 Å². The molecule has 4 heterocycles. The summed E-state index contributed by atoms with van der Waals surface area (Å²) in [5.41, 5.74) is 0. The van der Waals surface area contributed by atoms with Crippen molar-refractivity contribution in [1.82, 2.24) is 30.8 Å². The van der Waals surface area contributed by atoms with Gasteiger partial charge in [-0.25, -0.2) is 9.97 Å². The third-order valence-corrected chi connectivity index (χ3v) is 5.05. The van der Waals surface area contributed by atoms with Crippen LogP contribution in [-0.4, -0.2) is 58.3 Å². The van der Waals surface area contributed by atoms with Crippen LogP contribution in [0.3, 0.4) is 0 Å². The van der Waals surface area contributed by atoms with E-state index in [1.165, 1.54) is 0 Å². The van der Waals surface area contributed by atoms with E-state index in [-0.39, 0.29) is 0 Å². The van der Waals surface area contributed by atoms with Gasteiger partial charge >= 0.3 is 0 Å². The van der Waals surface area contributed by atoms with Gasteiger partial charge in [0.05, 0.1) is 6.26 Å². The first-order chi connectivity index (χ1) is 14.8. The molecule has 0 aliphatic carbocycles. The summed E-state index contributed by atoms with van der Waals surface area (Å²) in [4.78, 5) is 16.0. The van der Waals surface area contributed by atoms with Crippen molar-refractivity contribution in [2.45, 2.75) is 32.2 Å². The van der Waals surface area contributed by atoms with Gasteiger partial charge in [0.1, 0.15) is 11.6 Å². The van der Waals surface area contributed by atoms with Crippen LogP contribution in [0.15, 0.2) is 52.2 Å². The summed E-state index contributed by atoms with van der Waals surface area (Å²) in [5.74, 6) is 3.93. The fraction of sp³-hybridized carbons (Fsp3) is 0.429. The number of guanidine groups is 1. The Balaban J connectivity index is 1.27. The van der Waals surface area contributed by atoms with E-state index in [2.05, 4.69) is 48.7 Å². The average Bonchev–Trinajstić information content (AvgIpc) is 3.47. The molecule has 1 fully saturated rings. The Hall–Kier alpha value is -3.36. The number of piperidine rings is 1. The molecule has 0 atom stereocenters. The van der Waals surface area contributed by atoms with Crippen molar-refractivity contribution in [1.29, 1.82) is 0 Å². The molecule has 0 unspecified atom stereocenters. The molecule has 3 aromatic heterocycles. The van der Waals surface area contributed by atoms with E-state index in [1.807, 2.05) is 30.5 Å². The molecule has 1 aliphatic rings. The fourth-order valence-electron chi connectivity index (χ4n) is 3.50. The van der Waals surface area contributed by atoms with Gasteiger partial charge in [-0.1, -0.05) is 6.07 Å². The van der Waals surface area contributed by atoms with Crippen LogP contribution in [0.25, 0.3) is 11.6 Å². The third-order valence-electron chi connectivity index (χ3n) is 5.05. The molecule has 0 bridgehead atoms. The summed E-state index contributed by atoms with van der Waals surface area (Å²) in [6.45, 7) is 5.49. The Labute approximate surface area is 176 Å². The molecule has 9 heteroatoms. The highest BCUT2D eigenvalue weighted by atomic mass is 16.3. The van der Waals surface area contributed by atoms with Crippen molar-refractivity contribution in [3.8, 4) is 11.6 Å². The Morgan fingerprint density at radius 1 is 1.27 bits per heavy atom. The Morgan fingerprint density at radius 2 is 2.17 bits per heavy atom. The first kappa shape index (κ1) is 19.9. The number of pyridine rings is 1. The molecule has 0 amide bonds. The number of furan rings is 1. The Bertz CT molecular complexity index is 914. The van der Waals surface area contributed by atoms with Crippen LogP contribution >= 0.6 is 0 Å². The van der Waals surface area contributed by atoms with E-state index in [4.69, 9.17) is 9.41 Å². The fourth-order valence-corrected chi connectivity index (χ4v) is 3.50. The second kappa shape index (κ2) is 9.91. The summed E-state index contributed by atoms with van der Waals surface area (Å²) in [5, 5.41) is 14.1. The van der Waals surface area contributed by atoms with E-state index in [9.17, 15) is 0 Å². The minimum absolute atomic E-state index is 0.401. The van der Waals surface area contributed by atoms with Gasteiger partial charge in [-0.3, -0.25) is 10.1 Å². The minimum atomic E-state index is 0.401. The molecule has 1 aliphatic heterocycles. The average molecular weight is 409 g/mol. The van der Waals surface area contributed by atoms with Gasteiger partial charge in [-0.05, 0) is 44.0 Å². The lowest BCUT2D eigenvalue weighted by Gasteiger charge is -2.33. The number of aromatic amines is 1. The van der Waals surface area contributed by atoms with Gasteiger partial charge in [-0.2, -0.15) is 5.10 Å². The zero-order chi connectivity index (χ0) is 20.6. The molecular formula is C21H28N8O. The summed E-state index contributed by atoms with van der Waals surface area (Å²) in [6.07, 6.45) is 6.25. The van der Waals surface area contributed by atoms with Gasteiger partial charge in [0.2, 0.25) is 5.82 Å². The van der Waals surface area contributed by atoms with Gasteiger partial charge in [0.15, 0.2) is 11.7 Å². The molecule has 0 spiro atoms. The first-order valence-electron chi connectivity index (χ1n) is 10.5. The van der Waals surface area contributed by atoms with E-state index >= 15 is 0 Å². The number of nitrogens with zero attached hydrogens (tertiary/aromatic N) is 5. The zero-order valence-electron chi connectivity index (χ0n) is 17.2. The summed E-state index contributed by atoms with van der Waals surface area (Å²) < 4.78 is 5.33. The van der Waals surface area contributed by atoms with E-state index in [0.717, 1.165) is 50.1 Å². The number of anilines is 1. The van der Waals surface area contributed by atoms with Crippen LogP contribution < -0.4 is 15.5 Å². The topological polar surface area (TPSA) is 107 Å². The van der Waals surface area contributed by atoms with E-state index in [1.54, 1.807) is 6.26 Å². The van der Waals surface area contributed by atoms with Gasteiger partial charge in [0.25, 0.3) is 0 Å². The normalized spacial score (nSPS) is 15.4. The molecular weight excluding hydrogens is 380 g/mol. The number of nitrogens with one attached hydrogen (secondary N) is 3. The van der Waals surface area contributed by atoms with Crippen LogP contribution in [0.1, 0.15) is 25.6 Å². The lowest BCUT2D eigenvalue weighted by atomic mass is 10.1. The minimum Gasteiger partial charge on any atom is -0.461 e. The van der Waals surface area contributed by atoms with Crippen LogP contribution in [0.5, 0.6) is 0 Å². The predicted octanol–water partition coefficient (Wildman–Crippen LogP) is 2.23. The summed E-state index contributed by atoms with van der Waals surface area (Å²) in [6, 6.07) is 10.1. The second-order valence-corrected chi connectivity index (χ2v) is 7.19. The van der Waals surface area contributed by atoms with Gasteiger partial charge in [0, 0.05) is 44.8 Å². The predicted molar refractivity (Wildman–Crippen MR) is 116 cm³/mol. The van der Waals surface area contributed by atoms with Gasteiger partial charge < -0.3 is 20.0 Å². The summed E-state index contributed by atoms with van der Waals surface area (Å²) >= 11 is 0. The van der Waals surface area contributed by atoms with E-state index in [0.29, 0.717) is 30.6 Å². The molecule has 0 aromatic carbocycles. The maximum absolute atomic E-state index is 5.33. The molecule has 9 nitrogen and oxygen atoms in total. The number of H-pyrrole nitrogens is 1. The van der Waals surface area contributed by atoms with Crippen molar-refractivity contribution in [3.63, 3.8) is 0 Å². The molecule has 3 N–H and O–H groups in total. The highest BCUT2D eigenvalue weighted by Crippen LogP contribution is 2.17. The maximum Gasteiger partial charge on any atom is 0.216 e. The lowest BCUT2D eigenvalue weighted by Crippen LogP contribution is -2.49. The first-order valence-corrected chi connectivity index (χ1v) is 10.5. The van der Waals surface area contributed by atoms with Crippen molar-refractivity contribution >= 4 is 11.8 Å². The number of rotatable bonds is 7. The Kier molecular flexibility index (Phi) is 6.58. The highest BCUT2D eigenvalue weighted by molar-refractivity contribution is 5.80. The monoisotopic (exact) mass is 408 g/mol. The smallest absolute Gasteiger partial charge is 0.216 e. The maximum atomic E-state index is 5.33. The molecule has 1 saturated heterocycles. The quantitative estimate of drug-likeness (QED) is 0.406. The lowest BCUT2D eigenvalue weighted by molar-refractivity contribution is 0.459. The number of hydrogen-bond acceptors (Lipinski definition) is 6. The molecule has 0 saturated carbocycles. The highest BCUT2D eigenvalue weighted by Gasteiger charge is 2.20. The second-order valence-electron chi connectivity index (χ2n) is 7.19. The van der Waals surface area contributed by atoms with Crippen LogP contribution in [0.4, 0.5) is 5.82 Å². The van der Waals surface area contributed by atoms with Crippen molar-refractivity contribution in [2.75, 3.05) is 31.1 Å². The number of hydrogen-bond donors (Lipinski definition) is 3. The third kappa shape index (κ3) is 5.16. The molecule has 30 heavy (non-hydrogen) atoms. The molecule has 158 valence electrons. The van der Waals surface area contributed by atoms with E-state index < -0.39 is 0 Å². The standard InChI is InChI=1S/C21H28N8O/c1-2-22-21(24-12-8-18-26-20(28-27-18)17-6-5-15-30-17)25-16-9-13-29(14-10-16)19-7-3-4-11-23-19/h3-7,11,15-16H,2,8-10,12-14H2,1H3,(H2,22,24,25)(H,26,27,28). The molecule has 0 radical (unpaired) electrons. The van der Waals surface area contributed by atoms with Crippen LogP contribution in [-0.2, 0) is 6.42 Å². The van der Waals surface area contributed by atoms with Crippen molar-refractivity contribution in [2.24, 2.45) is 4.99 Å². The van der Waals surface area contributed by atoms with Crippen molar-refractivity contribution in [3.05, 3.63) is 48.6 Å². The van der Waals surface area contributed by atoms with Crippen molar-refractivity contribution < 1.29 is 4.42 Å². The molecule has 3 aromatic rings. The Morgan fingerprint density at radius 3 is 2.90 bits per heavy atom. The van der Waals surface area contributed by atoms with Crippen LogP contribution in [0, 0.1) is 0 Å².